The van der Waals surface area contributed by atoms with Gasteiger partial charge in [-0.1, -0.05) is 75.5 Å². The lowest BCUT2D eigenvalue weighted by Gasteiger charge is -2.15. The maximum absolute atomic E-state index is 10.3. The summed E-state index contributed by atoms with van der Waals surface area (Å²) in [6.45, 7) is 1.35. The minimum absolute atomic E-state index is 0.345. The quantitative estimate of drug-likeness (QED) is 0.405. The number of hydrogen-bond acceptors (Lipinski definition) is 3. The summed E-state index contributed by atoms with van der Waals surface area (Å²) in [6, 6.07) is 20.8. The van der Waals surface area contributed by atoms with Crippen LogP contribution in [0.5, 0.6) is 5.75 Å². The van der Waals surface area contributed by atoms with E-state index in [0.29, 0.717) is 29.7 Å². The lowest BCUT2D eigenvalue weighted by Crippen LogP contribution is -2.21. The summed E-state index contributed by atoms with van der Waals surface area (Å²) in [5.41, 5.74) is 2.74. The molecule has 3 aromatic carbocycles. The zero-order valence-corrected chi connectivity index (χ0v) is 18.1. The van der Waals surface area contributed by atoms with E-state index in [2.05, 4.69) is 21.2 Å². The molecule has 146 valence electrons. The van der Waals surface area contributed by atoms with Gasteiger partial charge >= 0.3 is 0 Å². The van der Waals surface area contributed by atoms with Gasteiger partial charge in [-0.2, -0.15) is 0 Å². The number of hydrogen-bond donors (Lipinski definition) is 2. The summed E-state index contributed by atoms with van der Waals surface area (Å²) in [5, 5.41) is 14.8. The van der Waals surface area contributed by atoms with Gasteiger partial charge in [-0.05, 0) is 35.9 Å². The average molecular weight is 481 g/mol. The molecule has 0 saturated heterocycles. The Labute approximate surface area is 183 Å². The van der Waals surface area contributed by atoms with Crippen LogP contribution in [0.4, 0.5) is 0 Å². The largest absolute Gasteiger partial charge is 0.489 e. The van der Waals surface area contributed by atoms with Gasteiger partial charge in [0, 0.05) is 38.7 Å². The van der Waals surface area contributed by atoms with Gasteiger partial charge in [0.2, 0.25) is 0 Å². The van der Waals surface area contributed by atoms with Crippen molar-refractivity contribution in [2.24, 2.45) is 0 Å². The Morgan fingerprint density at radius 2 is 1.75 bits per heavy atom. The zero-order valence-electron chi connectivity index (χ0n) is 15.0. The van der Waals surface area contributed by atoms with Gasteiger partial charge in [0.25, 0.3) is 0 Å². The van der Waals surface area contributed by atoms with E-state index in [1.165, 1.54) is 0 Å². The number of aliphatic hydroxyl groups excluding tert-OH is 1. The predicted molar refractivity (Wildman–Crippen MR) is 118 cm³/mol. The van der Waals surface area contributed by atoms with Crippen LogP contribution in [0, 0.1) is 0 Å². The number of aliphatic hydroxyl groups is 1. The van der Waals surface area contributed by atoms with Gasteiger partial charge in [0.1, 0.15) is 12.4 Å². The fraction of sp³-hybridized carbons (Fsp3) is 0.182. The van der Waals surface area contributed by atoms with Gasteiger partial charge in [-0.3, -0.25) is 0 Å². The molecular weight excluding hydrogens is 461 g/mol. The van der Waals surface area contributed by atoms with Crippen LogP contribution in [0.25, 0.3) is 0 Å². The second-order valence-electron chi connectivity index (χ2n) is 6.33. The Bertz CT molecular complexity index is 922. The minimum atomic E-state index is -0.564. The summed E-state index contributed by atoms with van der Waals surface area (Å²) in [5.74, 6) is 0.760. The van der Waals surface area contributed by atoms with Gasteiger partial charge < -0.3 is 15.2 Å². The third kappa shape index (κ3) is 5.97. The average Bonchev–Trinajstić information content (AvgIpc) is 2.69. The monoisotopic (exact) mass is 479 g/mol. The van der Waals surface area contributed by atoms with Crippen molar-refractivity contribution >= 4 is 39.1 Å². The molecule has 0 aliphatic heterocycles. The molecule has 0 heterocycles. The van der Waals surface area contributed by atoms with Crippen LogP contribution in [0.2, 0.25) is 10.0 Å². The first kappa shape index (κ1) is 21.2. The highest BCUT2D eigenvalue weighted by molar-refractivity contribution is 9.10. The van der Waals surface area contributed by atoms with Gasteiger partial charge in [-0.25, -0.2) is 0 Å². The number of rotatable bonds is 8. The van der Waals surface area contributed by atoms with E-state index in [1.54, 1.807) is 12.1 Å². The lowest BCUT2D eigenvalue weighted by molar-refractivity contribution is 0.174. The molecule has 1 atom stereocenters. The van der Waals surface area contributed by atoms with Crippen LogP contribution in [0.3, 0.4) is 0 Å². The summed E-state index contributed by atoms with van der Waals surface area (Å²) >= 11 is 15.7. The van der Waals surface area contributed by atoms with Crippen LogP contribution < -0.4 is 10.1 Å². The van der Waals surface area contributed by atoms with Crippen molar-refractivity contribution in [3.8, 4) is 5.75 Å². The highest BCUT2D eigenvalue weighted by Gasteiger charge is 2.10. The molecule has 0 aromatic heterocycles. The van der Waals surface area contributed by atoms with E-state index in [9.17, 15) is 5.11 Å². The maximum Gasteiger partial charge on any atom is 0.124 e. The van der Waals surface area contributed by atoms with Crippen LogP contribution in [0.15, 0.2) is 71.2 Å². The van der Waals surface area contributed by atoms with E-state index >= 15 is 0 Å². The topological polar surface area (TPSA) is 41.5 Å². The standard InChI is InChI=1S/C22H20BrCl2NO2/c23-18-7-9-22(28-14-16-6-8-19(24)11-20(16)25)17(10-18)12-26-13-21(27)15-4-2-1-3-5-15/h1-11,21,26-27H,12-14H2/t21-/m1/s1. The Balaban J connectivity index is 1.62. The smallest absolute Gasteiger partial charge is 0.124 e. The van der Waals surface area contributed by atoms with E-state index in [0.717, 1.165) is 26.9 Å². The molecule has 0 spiro atoms. The van der Waals surface area contributed by atoms with E-state index in [4.69, 9.17) is 27.9 Å². The van der Waals surface area contributed by atoms with Crippen LogP contribution in [0.1, 0.15) is 22.8 Å². The Morgan fingerprint density at radius 3 is 2.50 bits per heavy atom. The lowest BCUT2D eigenvalue weighted by atomic mass is 10.1. The molecular formula is C22H20BrCl2NO2. The van der Waals surface area contributed by atoms with Gasteiger partial charge in [0.15, 0.2) is 0 Å². The van der Waals surface area contributed by atoms with Crippen molar-refractivity contribution in [3.05, 3.63) is 97.9 Å². The van der Waals surface area contributed by atoms with Crippen molar-refractivity contribution in [2.45, 2.75) is 19.3 Å². The summed E-state index contributed by atoms with van der Waals surface area (Å²) in [7, 11) is 0. The third-order valence-electron chi connectivity index (χ3n) is 4.26. The highest BCUT2D eigenvalue weighted by Crippen LogP contribution is 2.26. The molecule has 0 amide bonds. The first-order valence-electron chi connectivity index (χ1n) is 8.82. The van der Waals surface area contributed by atoms with Crippen LogP contribution in [-0.4, -0.2) is 11.7 Å². The molecule has 3 rings (SSSR count). The molecule has 0 fully saturated rings. The predicted octanol–water partition coefficient (Wildman–Crippen LogP) is 6.16. The van der Waals surface area contributed by atoms with Gasteiger partial charge in [-0.15, -0.1) is 0 Å². The fourth-order valence-corrected chi connectivity index (χ4v) is 3.63. The molecule has 0 aliphatic carbocycles. The molecule has 0 saturated carbocycles. The van der Waals surface area contributed by atoms with Crippen molar-refractivity contribution in [2.75, 3.05) is 6.54 Å². The van der Waals surface area contributed by atoms with Crippen molar-refractivity contribution in [1.29, 1.82) is 0 Å². The normalized spacial score (nSPS) is 12.0. The van der Waals surface area contributed by atoms with E-state index < -0.39 is 6.10 Å². The maximum atomic E-state index is 10.3. The van der Waals surface area contributed by atoms with Gasteiger partial charge in [0.05, 0.1) is 6.10 Å². The molecule has 0 aliphatic rings. The van der Waals surface area contributed by atoms with Crippen LogP contribution in [-0.2, 0) is 13.2 Å². The summed E-state index contributed by atoms with van der Waals surface area (Å²) in [6.07, 6.45) is -0.564. The first-order chi connectivity index (χ1) is 13.5. The highest BCUT2D eigenvalue weighted by atomic mass is 79.9. The number of benzene rings is 3. The van der Waals surface area contributed by atoms with E-state index in [-0.39, 0.29) is 0 Å². The molecule has 6 heteroatoms. The summed E-state index contributed by atoms with van der Waals surface area (Å²) < 4.78 is 6.95. The second-order valence-corrected chi connectivity index (χ2v) is 8.09. The number of ether oxygens (including phenoxy) is 1. The minimum Gasteiger partial charge on any atom is -0.489 e. The Morgan fingerprint density at radius 1 is 0.964 bits per heavy atom. The molecule has 0 radical (unpaired) electrons. The van der Waals surface area contributed by atoms with Crippen molar-refractivity contribution in [1.82, 2.24) is 5.32 Å². The molecule has 28 heavy (non-hydrogen) atoms. The van der Waals surface area contributed by atoms with Crippen molar-refractivity contribution < 1.29 is 9.84 Å². The molecule has 2 N–H and O–H groups in total. The molecule has 3 nitrogen and oxygen atoms in total. The Kier molecular flexibility index (Phi) is 7.77. The summed E-state index contributed by atoms with van der Waals surface area (Å²) in [4.78, 5) is 0. The zero-order chi connectivity index (χ0) is 19.9. The first-order valence-corrected chi connectivity index (χ1v) is 10.4. The number of halogens is 3. The second kappa shape index (κ2) is 10.3. The third-order valence-corrected chi connectivity index (χ3v) is 5.34. The molecule has 3 aromatic rings. The number of nitrogens with one attached hydrogen (secondary N) is 1. The molecule has 0 bridgehead atoms. The van der Waals surface area contributed by atoms with Crippen molar-refractivity contribution in [3.63, 3.8) is 0 Å². The SMILES string of the molecule is O[C@H](CNCc1cc(Br)ccc1OCc1ccc(Cl)cc1Cl)c1ccccc1. The Hall–Kier alpha value is -1.56. The van der Waals surface area contributed by atoms with Crippen LogP contribution >= 0.6 is 39.1 Å². The fourth-order valence-electron chi connectivity index (χ4n) is 2.76. The van der Waals surface area contributed by atoms with E-state index in [1.807, 2.05) is 54.6 Å². The molecule has 0 unspecified atom stereocenters.